The van der Waals surface area contributed by atoms with Crippen LogP contribution in [0.1, 0.15) is 22.3 Å². The van der Waals surface area contributed by atoms with Gasteiger partial charge in [0.05, 0.1) is 18.6 Å². The molecule has 0 aromatic heterocycles. The topological polar surface area (TPSA) is 92.8 Å². The van der Waals surface area contributed by atoms with Crippen molar-refractivity contribution in [2.75, 3.05) is 17.2 Å². The van der Waals surface area contributed by atoms with Gasteiger partial charge in [0.1, 0.15) is 5.75 Å². The first-order valence-electron chi connectivity index (χ1n) is 7.98. The molecule has 1 aliphatic heterocycles. The Morgan fingerprint density at radius 1 is 1.19 bits per heavy atom. The molecule has 26 heavy (non-hydrogen) atoms. The van der Waals surface area contributed by atoms with Gasteiger partial charge in [0.2, 0.25) is 15.9 Å². The van der Waals surface area contributed by atoms with Gasteiger partial charge < -0.3 is 10.1 Å². The average Bonchev–Trinajstić information content (AvgIpc) is 2.92. The van der Waals surface area contributed by atoms with E-state index in [0.717, 1.165) is 15.6 Å². The average molecular weight is 374 g/mol. The van der Waals surface area contributed by atoms with Crippen LogP contribution < -0.4 is 14.4 Å². The Morgan fingerprint density at radius 2 is 1.92 bits per heavy atom. The van der Waals surface area contributed by atoms with Gasteiger partial charge in [-0.15, -0.1) is 0 Å². The fourth-order valence-corrected chi connectivity index (χ4v) is 4.12. The maximum absolute atomic E-state index is 12.4. The zero-order valence-electron chi connectivity index (χ0n) is 14.1. The number of ether oxygens (including phenoxy) is 1. The first kappa shape index (κ1) is 17.9. The Balaban J connectivity index is 1.73. The van der Waals surface area contributed by atoms with E-state index in [2.05, 4.69) is 5.32 Å². The zero-order chi connectivity index (χ0) is 18.7. The number of carbonyl (C=O) groups is 2. The van der Waals surface area contributed by atoms with Crippen molar-refractivity contribution < 1.29 is 22.7 Å². The summed E-state index contributed by atoms with van der Waals surface area (Å²) in [4.78, 5) is 24.2. The number of nitrogens with one attached hydrogen (secondary N) is 1. The van der Waals surface area contributed by atoms with E-state index < -0.39 is 15.9 Å². The molecule has 136 valence electrons. The third kappa shape index (κ3) is 3.70. The van der Waals surface area contributed by atoms with E-state index in [1.165, 1.54) is 12.1 Å². The Bertz CT molecular complexity index is 938. The second-order valence-corrected chi connectivity index (χ2v) is 7.74. The number of methoxy groups -OCH3 is 1. The molecule has 2 aromatic rings. The lowest BCUT2D eigenvalue weighted by atomic mass is 10.1. The van der Waals surface area contributed by atoms with Crippen molar-refractivity contribution in [1.29, 1.82) is 0 Å². The lowest BCUT2D eigenvalue weighted by molar-refractivity contribution is -0.116. The minimum absolute atomic E-state index is 0.0454. The van der Waals surface area contributed by atoms with Crippen LogP contribution in [0, 0.1) is 0 Å². The molecule has 0 saturated carbocycles. The fourth-order valence-electron chi connectivity index (χ4n) is 2.67. The van der Waals surface area contributed by atoms with Gasteiger partial charge in [-0.05, 0) is 35.9 Å². The summed E-state index contributed by atoms with van der Waals surface area (Å²) >= 11 is 0. The SMILES string of the molecule is COc1ccc(CNC(=O)c2cccc(N3C(=O)CCS3(=O)=O)c2)cc1. The van der Waals surface area contributed by atoms with Crippen LogP contribution in [-0.2, 0) is 21.4 Å². The first-order valence-corrected chi connectivity index (χ1v) is 9.58. The summed E-state index contributed by atoms with van der Waals surface area (Å²) in [6, 6.07) is 13.3. The molecule has 8 heteroatoms. The molecule has 0 bridgehead atoms. The number of rotatable bonds is 5. The number of carbonyl (C=O) groups excluding carboxylic acids is 2. The Kier molecular flexibility index (Phi) is 4.94. The maximum Gasteiger partial charge on any atom is 0.251 e. The van der Waals surface area contributed by atoms with Gasteiger partial charge in [-0.1, -0.05) is 18.2 Å². The monoisotopic (exact) mass is 374 g/mol. The minimum atomic E-state index is -3.65. The van der Waals surface area contributed by atoms with Crippen LogP contribution in [0.3, 0.4) is 0 Å². The third-order valence-corrected chi connectivity index (χ3v) is 5.72. The molecule has 0 unspecified atom stereocenters. The number of hydrogen-bond acceptors (Lipinski definition) is 5. The van der Waals surface area contributed by atoms with Gasteiger partial charge in [0.15, 0.2) is 0 Å². The van der Waals surface area contributed by atoms with Gasteiger partial charge >= 0.3 is 0 Å². The normalized spacial score (nSPS) is 15.7. The minimum Gasteiger partial charge on any atom is -0.497 e. The molecule has 2 amide bonds. The van der Waals surface area contributed by atoms with Crippen molar-refractivity contribution in [3.63, 3.8) is 0 Å². The standard InChI is InChI=1S/C18H18N2O5S/c1-25-16-7-5-13(6-8-16)12-19-18(22)14-3-2-4-15(11-14)20-17(21)9-10-26(20,23)24/h2-8,11H,9-10,12H2,1H3,(H,19,22). The molecule has 0 atom stereocenters. The lowest BCUT2D eigenvalue weighted by Gasteiger charge is -2.15. The molecule has 3 rings (SSSR count). The maximum atomic E-state index is 12.4. The summed E-state index contributed by atoms with van der Waals surface area (Å²) in [5.41, 5.74) is 1.36. The highest BCUT2D eigenvalue weighted by Gasteiger charge is 2.36. The van der Waals surface area contributed by atoms with Crippen LogP contribution in [0.2, 0.25) is 0 Å². The smallest absolute Gasteiger partial charge is 0.251 e. The summed E-state index contributed by atoms with van der Waals surface area (Å²) in [6.07, 6.45) is -0.0454. The molecule has 1 heterocycles. The molecular formula is C18H18N2O5S. The quantitative estimate of drug-likeness (QED) is 0.860. The van der Waals surface area contributed by atoms with Crippen molar-refractivity contribution in [3.05, 3.63) is 59.7 Å². The van der Waals surface area contributed by atoms with Crippen LogP contribution >= 0.6 is 0 Å². The third-order valence-electron chi connectivity index (χ3n) is 4.03. The first-order chi connectivity index (χ1) is 12.4. The second-order valence-electron chi connectivity index (χ2n) is 5.81. The van der Waals surface area contributed by atoms with Gasteiger partial charge in [-0.3, -0.25) is 9.59 Å². The molecule has 1 N–H and O–H groups in total. The van der Waals surface area contributed by atoms with E-state index in [1.54, 1.807) is 31.4 Å². The van der Waals surface area contributed by atoms with Gasteiger partial charge in [0.25, 0.3) is 5.91 Å². The van der Waals surface area contributed by atoms with E-state index in [0.29, 0.717) is 6.54 Å². The molecule has 1 saturated heterocycles. The van der Waals surface area contributed by atoms with E-state index >= 15 is 0 Å². The Hall–Kier alpha value is -2.87. The van der Waals surface area contributed by atoms with Crippen LogP contribution in [-0.4, -0.2) is 33.1 Å². The van der Waals surface area contributed by atoms with Crippen molar-refractivity contribution in [1.82, 2.24) is 5.32 Å². The summed E-state index contributed by atoms with van der Waals surface area (Å²) in [5, 5.41) is 2.77. The number of hydrogen-bond donors (Lipinski definition) is 1. The highest BCUT2D eigenvalue weighted by molar-refractivity contribution is 7.94. The largest absolute Gasteiger partial charge is 0.497 e. The van der Waals surface area contributed by atoms with Crippen molar-refractivity contribution in [3.8, 4) is 5.75 Å². The van der Waals surface area contributed by atoms with Gasteiger partial charge in [0, 0.05) is 18.5 Å². The molecule has 1 aliphatic rings. The number of amides is 2. The molecular weight excluding hydrogens is 356 g/mol. The van der Waals surface area contributed by atoms with Gasteiger partial charge in [-0.25, -0.2) is 12.7 Å². The molecule has 0 radical (unpaired) electrons. The number of benzene rings is 2. The predicted octanol–water partition coefficient (Wildman–Crippen LogP) is 1.69. The second kappa shape index (κ2) is 7.17. The molecule has 2 aromatic carbocycles. The highest BCUT2D eigenvalue weighted by Crippen LogP contribution is 2.25. The van der Waals surface area contributed by atoms with Crippen LogP contribution in [0.15, 0.2) is 48.5 Å². The number of sulfonamides is 1. The summed E-state index contributed by atoms with van der Waals surface area (Å²) in [6.45, 7) is 0.313. The summed E-state index contributed by atoms with van der Waals surface area (Å²) in [7, 11) is -2.08. The van der Waals surface area contributed by atoms with E-state index in [4.69, 9.17) is 4.74 Å². The zero-order valence-corrected chi connectivity index (χ0v) is 15.0. The van der Waals surface area contributed by atoms with E-state index in [-0.39, 0.29) is 29.3 Å². The molecule has 7 nitrogen and oxygen atoms in total. The summed E-state index contributed by atoms with van der Waals surface area (Å²) in [5.74, 6) is -0.323. The van der Waals surface area contributed by atoms with Crippen molar-refractivity contribution in [2.45, 2.75) is 13.0 Å². The highest BCUT2D eigenvalue weighted by atomic mass is 32.2. The van der Waals surface area contributed by atoms with Crippen molar-refractivity contribution >= 4 is 27.5 Å². The van der Waals surface area contributed by atoms with Crippen LogP contribution in [0.4, 0.5) is 5.69 Å². The summed E-state index contributed by atoms with van der Waals surface area (Å²) < 4.78 is 29.9. The molecule has 0 aliphatic carbocycles. The fraction of sp³-hybridized carbons (Fsp3) is 0.222. The Morgan fingerprint density at radius 3 is 2.54 bits per heavy atom. The van der Waals surface area contributed by atoms with Crippen LogP contribution in [0.25, 0.3) is 0 Å². The van der Waals surface area contributed by atoms with Crippen LogP contribution in [0.5, 0.6) is 5.75 Å². The van der Waals surface area contributed by atoms with Crippen molar-refractivity contribution in [2.24, 2.45) is 0 Å². The van der Waals surface area contributed by atoms with Gasteiger partial charge in [-0.2, -0.15) is 0 Å². The molecule has 1 fully saturated rings. The Labute approximate surface area is 151 Å². The molecule has 0 spiro atoms. The predicted molar refractivity (Wildman–Crippen MR) is 96.5 cm³/mol. The lowest BCUT2D eigenvalue weighted by Crippen LogP contribution is -2.30. The number of anilines is 1. The number of nitrogens with zero attached hydrogens (tertiary/aromatic N) is 1. The van der Waals surface area contributed by atoms with E-state index in [1.807, 2.05) is 12.1 Å². The van der Waals surface area contributed by atoms with E-state index in [9.17, 15) is 18.0 Å².